The lowest BCUT2D eigenvalue weighted by Gasteiger charge is -2.01. The molecule has 68 valence electrons. The Morgan fingerprint density at radius 1 is 1.67 bits per heavy atom. The van der Waals surface area contributed by atoms with Crippen molar-refractivity contribution in [1.82, 2.24) is 10.2 Å². The van der Waals surface area contributed by atoms with Gasteiger partial charge in [-0.25, -0.2) is 13.5 Å². The van der Waals surface area contributed by atoms with Crippen molar-refractivity contribution >= 4 is 22.1 Å². The predicted molar refractivity (Wildman–Crippen MR) is 44.9 cm³/mol. The molecule has 5 nitrogen and oxygen atoms in total. The Bertz CT molecular complexity index is 416. The van der Waals surface area contributed by atoms with E-state index in [4.69, 9.17) is 4.42 Å². The van der Waals surface area contributed by atoms with E-state index in [9.17, 15) is 8.42 Å². The van der Waals surface area contributed by atoms with Crippen LogP contribution in [0.4, 0.5) is 0 Å². The Morgan fingerprint density at radius 2 is 2.25 bits per heavy atom. The van der Waals surface area contributed by atoms with E-state index in [0.29, 0.717) is 0 Å². The maximum absolute atomic E-state index is 11.0. The van der Waals surface area contributed by atoms with E-state index in [1.54, 1.807) is 0 Å². The highest BCUT2D eigenvalue weighted by molar-refractivity contribution is 7.90. The van der Waals surface area contributed by atoms with Gasteiger partial charge in [-0.3, -0.25) is 0 Å². The van der Waals surface area contributed by atoms with Crippen LogP contribution in [0.1, 0.15) is 18.1 Å². The highest BCUT2D eigenvalue weighted by atomic mass is 32.2. The first-order valence-corrected chi connectivity index (χ1v) is 5.52. The third-order valence-corrected chi connectivity index (χ3v) is 3.11. The molecule has 0 aromatic carbocycles. The van der Waals surface area contributed by atoms with Gasteiger partial charge in [-0.1, -0.05) is 0 Å². The average Bonchev–Trinajstić information content (AvgIpc) is 2.32. The van der Waals surface area contributed by atoms with Crippen molar-refractivity contribution in [1.29, 1.82) is 0 Å². The number of nitrogens with one attached hydrogen (secondary N) is 1. The predicted octanol–water partition coefficient (Wildman–Crippen LogP) is 0.838. The van der Waals surface area contributed by atoms with Gasteiger partial charge in [0.15, 0.2) is 9.84 Å². The van der Waals surface area contributed by atoms with Gasteiger partial charge in [0.05, 0.1) is 0 Å². The minimum absolute atomic E-state index is 0.0838. The van der Waals surface area contributed by atoms with Gasteiger partial charge in [0.25, 0.3) is 4.84 Å². The monoisotopic (exact) mass is 208 g/mol. The van der Waals surface area contributed by atoms with Crippen molar-refractivity contribution in [3.63, 3.8) is 0 Å². The largest absolute Gasteiger partial charge is 0.413 e. The number of rotatable bonds is 2. The molecule has 12 heavy (non-hydrogen) atoms. The molecule has 0 radical (unpaired) electrons. The SMILES string of the molecule is CC(c1n[nH]c(=S)o1)S(C)(=O)=O. The summed E-state index contributed by atoms with van der Waals surface area (Å²) in [5.41, 5.74) is 0. The van der Waals surface area contributed by atoms with Gasteiger partial charge in [-0.2, -0.15) is 0 Å². The number of hydrogen-bond donors (Lipinski definition) is 1. The van der Waals surface area contributed by atoms with Crippen LogP contribution in [-0.2, 0) is 9.84 Å². The highest BCUT2D eigenvalue weighted by Gasteiger charge is 2.21. The van der Waals surface area contributed by atoms with Gasteiger partial charge in [0.2, 0.25) is 5.89 Å². The molecule has 0 aliphatic carbocycles. The molecule has 1 N–H and O–H groups in total. The zero-order valence-corrected chi connectivity index (χ0v) is 8.20. The zero-order chi connectivity index (χ0) is 9.35. The summed E-state index contributed by atoms with van der Waals surface area (Å²) in [5, 5.41) is 5.20. The second kappa shape index (κ2) is 2.98. The van der Waals surface area contributed by atoms with Gasteiger partial charge < -0.3 is 4.42 Å². The first kappa shape index (κ1) is 9.40. The van der Waals surface area contributed by atoms with Crippen molar-refractivity contribution < 1.29 is 12.8 Å². The molecule has 0 aliphatic rings. The summed E-state index contributed by atoms with van der Waals surface area (Å²) in [6, 6.07) is 0. The number of sulfone groups is 1. The lowest BCUT2D eigenvalue weighted by molar-refractivity contribution is 0.474. The van der Waals surface area contributed by atoms with Gasteiger partial charge in [0.1, 0.15) is 5.25 Å². The molecule has 0 aliphatic heterocycles. The first-order chi connectivity index (χ1) is 5.41. The minimum Gasteiger partial charge on any atom is -0.413 e. The molecule has 1 atom stereocenters. The molecule has 1 heterocycles. The number of aromatic nitrogens is 2. The second-order valence-corrected chi connectivity index (χ2v) is 5.16. The first-order valence-electron chi connectivity index (χ1n) is 3.15. The molecular weight excluding hydrogens is 200 g/mol. The molecule has 0 saturated heterocycles. The van der Waals surface area contributed by atoms with Crippen LogP contribution in [-0.4, -0.2) is 24.9 Å². The molecule has 0 bridgehead atoms. The summed E-state index contributed by atoms with van der Waals surface area (Å²) in [7, 11) is -3.17. The van der Waals surface area contributed by atoms with E-state index < -0.39 is 15.1 Å². The van der Waals surface area contributed by atoms with Crippen LogP contribution in [0.3, 0.4) is 0 Å². The maximum Gasteiger partial charge on any atom is 0.284 e. The Balaban J connectivity index is 3.09. The number of nitrogens with zero attached hydrogens (tertiary/aromatic N) is 1. The molecule has 1 rings (SSSR count). The van der Waals surface area contributed by atoms with Gasteiger partial charge in [-0.05, 0) is 19.1 Å². The van der Waals surface area contributed by atoms with E-state index in [0.717, 1.165) is 6.26 Å². The summed E-state index contributed by atoms with van der Waals surface area (Å²) in [6.45, 7) is 1.49. The normalized spacial score (nSPS) is 14.5. The number of hydrogen-bond acceptors (Lipinski definition) is 5. The second-order valence-electron chi connectivity index (χ2n) is 2.42. The van der Waals surface area contributed by atoms with Crippen molar-refractivity contribution in [2.45, 2.75) is 12.2 Å². The minimum atomic E-state index is -3.17. The van der Waals surface area contributed by atoms with E-state index in [-0.39, 0.29) is 10.7 Å². The summed E-state index contributed by atoms with van der Waals surface area (Å²) in [6.07, 6.45) is 1.12. The molecule has 1 aromatic rings. The standard InChI is InChI=1S/C5H8N2O3S2/c1-3(12(2,8)9)4-6-7-5(11)10-4/h3H,1-2H3,(H,7,11). The zero-order valence-electron chi connectivity index (χ0n) is 6.57. The smallest absolute Gasteiger partial charge is 0.284 e. The Kier molecular flexibility index (Phi) is 2.34. The molecule has 0 amide bonds. The molecule has 0 fully saturated rings. The van der Waals surface area contributed by atoms with Crippen LogP contribution < -0.4 is 0 Å². The molecule has 1 aromatic heterocycles. The highest BCUT2D eigenvalue weighted by Crippen LogP contribution is 2.17. The van der Waals surface area contributed by atoms with Gasteiger partial charge >= 0.3 is 0 Å². The Labute approximate surface area is 74.7 Å². The van der Waals surface area contributed by atoms with Crippen LogP contribution in [0.5, 0.6) is 0 Å². The van der Waals surface area contributed by atoms with Crippen LogP contribution in [0.15, 0.2) is 4.42 Å². The molecule has 7 heteroatoms. The van der Waals surface area contributed by atoms with E-state index in [1.807, 2.05) is 0 Å². The van der Waals surface area contributed by atoms with Crippen molar-refractivity contribution in [2.75, 3.05) is 6.26 Å². The third-order valence-electron chi connectivity index (χ3n) is 1.44. The molecule has 0 saturated carbocycles. The fourth-order valence-electron chi connectivity index (χ4n) is 0.598. The lowest BCUT2D eigenvalue weighted by Crippen LogP contribution is -2.07. The van der Waals surface area contributed by atoms with Crippen LogP contribution in [0.2, 0.25) is 0 Å². The van der Waals surface area contributed by atoms with E-state index >= 15 is 0 Å². The Morgan fingerprint density at radius 3 is 2.58 bits per heavy atom. The quantitative estimate of drug-likeness (QED) is 0.729. The van der Waals surface area contributed by atoms with E-state index in [1.165, 1.54) is 6.92 Å². The van der Waals surface area contributed by atoms with Crippen LogP contribution >= 0.6 is 12.2 Å². The third kappa shape index (κ3) is 1.92. The van der Waals surface area contributed by atoms with E-state index in [2.05, 4.69) is 22.4 Å². The summed E-state index contributed by atoms with van der Waals surface area (Å²) >= 11 is 4.60. The topological polar surface area (TPSA) is 76.0 Å². The fraction of sp³-hybridized carbons (Fsp3) is 0.600. The molecular formula is C5H8N2O3S2. The van der Waals surface area contributed by atoms with Crippen LogP contribution in [0.25, 0.3) is 0 Å². The number of aromatic amines is 1. The average molecular weight is 208 g/mol. The van der Waals surface area contributed by atoms with Gasteiger partial charge in [0, 0.05) is 6.26 Å². The summed E-state index contributed by atoms with van der Waals surface area (Å²) < 4.78 is 26.8. The van der Waals surface area contributed by atoms with Crippen molar-refractivity contribution in [3.8, 4) is 0 Å². The fourth-order valence-corrected chi connectivity index (χ4v) is 1.20. The molecule has 1 unspecified atom stereocenters. The summed E-state index contributed by atoms with van der Waals surface area (Å²) in [5.74, 6) is 0.0995. The molecule has 0 spiro atoms. The maximum atomic E-state index is 11.0. The van der Waals surface area contributed by atoms with Crippen molar-refractivity contribution in [2.24, 2.45) is 0 Å². The summed E-state index contributed by atoms with van der Waals surface area (Å²) in [4.78, 5) is 0.0838. The van der Waals surface area contributed by atoms with Crippen molar-refractivity contribution in [3.05, 3.63) is 10.7 Å². The van der Waals surface area contributed by atoms with Crippen LogP contribution in [0, 0.1) is 4.84 Å². The Hall–Kier alpha value is -0.690. The lowest BCUT2D eigenvalue weighted by atomic mass is 10.5. The number of H-pyrrole nitrogens is 1. The van der Waals surface area contributed by atoms with Gasteiger partial charge in [-0.15, -0.1) is 5.10 Å².